The second kappa shape index (κ2) is 9.42. The van der Waals surface area contributed by atoms with Crippen LogP contribution in [0.25, 0.3) is 0 Å². The molecule has 0 saturated carbocycles. The Morgan fingerprint density at radius 3 is 2.38 bits per heavy atom. The second-order valence-electron chi connectivity index (χ2n) is 8.17. The number of amides is 4. The van der Waals surface area contributed by atoms with Gasteiger partial charge in [-0.2, -0.15) is 0 Å². The van der Waals surface area contributed by atoms with Gasteiger partial charge in [0.2, 0.25) is 11.8 Å². The molecule has 0 aromatic heterocycles. The highest BCUT2D eigenvalue weighted by atomic mass is 16.2. The summed E-state index contributed by atoms with van der Waals surface area (Å²) in [6.45, 7) is 2.73. The number of carbonyl (C=O) groups is 4. The average Bonchev–Trinajstić information content (AvgIpc) is 3.03. The summed E-state index contributed by atoms with van der Waals surface area (Å²) in [5.74, 6) is -1.97. The quantitative estimate of drug-likeness (QED) is 0.608. The van der Waals surface area contributed by atoms with E-state index in [1.165, 1.54) is 5.56 Å². The predicted molar refractivity (Wildman–Crippen MR) is 117 cm³/mol. The number of fused-ring (bicyclic) bond motifs is 1. The number of piperidine rings is 1. The van der Waals surface area contributed by atoms with E-state index in [4.69, 9.17) is 5.73 Å². The molecule has 2 aromatic carbocycles. The molecular formula is C24H26N4O4. The molecule has 1 fully saturated rings. The van der Waals surface area contributed by atoms with E-state index in [1.54, 1.807) is 12.1 Å². The van der Waals surface area contributed by atoms with E-state index in [-0.39, 0.29) is 18.7 Å². The lowest BCUT2D eigenvalue weighted by Crippen LogP contribution is -2.54. The van der Waals surface area contributed by atoms with Crippen LogP contribution >= 0.6 is 0 Å². The summed E-state index contributed by atoms with van der Waals surface area (Å²) in [7, 11) is 0. The van der Waals surface area contributed by atoms with Crippen molar-refractivity contribution >= 4 is 23.6 Å². The molecule has 1 saturated heterocycles. The molecule has 2 aromatic rings. The zero-order valence-corrected chi connectivity index (χ0v) is 17.8. The van der Waals surface area contributed by atoms with Crippen LogP contribution in [-0.2, 0) is 22.7 Å². The monoisotopic (exact) mass is 434 g/mol. The smallest absolute Gasteiger partial charge is 0.262 e. The van der Waals surface area contributed by atoms with Gasteiger partial charge in [-0.15, -0.1) is 0 Å². The second-order valence-corrected chi connectivity index (χ2v) is 8.17. The molecule has 0 spiro atoms. The highest BCUT2D eigenvalue weighted by Crippen LogP contribution is 2.28. The molecule has 3 N–H and O–H groups in total. The Kier molecular flexibility index (Phi) is 6.43. The van der Waals surface area contributed by atoms with E-state index in [1.807, 2.05) is 24.3 Å². The summed E-state index contributed by atoms with van der Waals surface area (Å²) in [5, 5.41) is 2.21. The third-order valence-electron chi connectivity index (χ3n) is 5.84. The fraction of sp³-hybridized carbons (Fsp3) is 0.333. The Labute approximate surface area is 186 Å². The maximum absolute atomic E-state index is 13.0. The van der Waals surface area contributed by atoms with Crippen LogP contribution in [0.15, 0.2) is 48.5 Å². The molecule has 4 rings (SSSR count). The molecule has 4 amide bonds. The zero-order chi connectivity index (χ0) is 22.7. The number of carbonyl (C=O) groups excluding carboxylic acids is 4. The predicted octanol–water partition coefficient (Wildman–Crippen LogP) is 1.44. The van der Waals surface area contributed by atoms with Crippen molar-refractivity contribution in [1.29, 1.82) is 0 Å². The van der Waals surface area contributed by atoms with Crippen molar-refractivity contribution in [3.63, 3.8) is 0 Å². The van der Waals surface area contributed by atoms with Gasteiger partial charge in [0, 0.05) is 26.1 Å². The van der Waals surface area contributed by atoms with E-state index >= 15 is 0 Å². The number of benzene rings is 2. The molecule has 2 heterocycles. The number of imide groups is 2. The Hall–Kier alpha value is -3.36. The minimum Gasteiger partial charge on any atom is -0.330 e. The Balaban J connectivity index is 1.53. The molecule has 32 heavy (non-hydrogen) atoms. The highest BCUT2D eigenvalue weighted by Gasteiger charge is 2.44. The summed E-state index contributed by atoms with van der Waals surface area (Å²) in [6, 6.07) is 14.4. The highest BCUT2D eigenvalue weighted by molar-refractivity contribution is 6.23. The van der Waals surface area contributed by atoms with Crippen LogP contribution in [0.3, 0.4) is 0 Å². The zero-order valence-electron chi connectivity index (χ0n) is 17.8. The van der Waals surface area contributed by atoms with Gasteiger partial charge in [-0.1, -0.05) is 36.4 Å². The first kappa shape index (κ1) is 21.9. The van der Waals surface area contributed by atoms with Crippen molar-refractivity contribution in [1.82, 2.24) is 15.1 Å². The van der Waals surface area contributed by atoms with Gasteiger partial charge < -0.3 is 5.73 Å². The summed E-state index contributed by atoms with van der Waals surface area (Å²) in [4.78, 5) is 52.8. The van der Waals surface area contributed by atoms with Crippen LogP contribution in [0.1, 0.15) is 51.1 Å². The third kappa shape index (κ3) is 4.46. The van der Waals surface area contributed by atoms with E-state index in [9.17, 15) is 19.2 Å². The molecule has 8 nitrogen and oxygen atoms in total. The van der Waals surface area contributed by atoms with Crippen LogP contribution in [0, 0.1) is 0 Å². The van der Waals surface area contributed by atoms with Crippen LogP contribution in [-0.4, -0.2) is 52.6 Å². The first-order valence-electron chi connectivity index (χ1n) is 10.8. The van der Waals surface area contributed by atoms with Gasteiger partial charge in [0.15, 0.2) is 0 Å². The first-order valence-corrected chi connectivity index (χ1v) is 10.8. The summed E-state index contributed by atoms with van der Waals surface area (Å²) in [5.41, 5.74) is 8.39. The Morgan fingerprint density at radius 1 is 0.938 bits per heavy atom. The average molecular weight is 434 g/mol. The van der Waals surface area contributed by atoms with Gasteiger partial charge >= 0.3 is 0 Å². The number of hydrogen-bond acceptors (Lipinski definition) is 6. The normalized spacial score (nSPS) is 18.3. The van der Waals surface area contributed by atoms with Crippen molar-refractivity contribution in [2.24, 2.45) is 5.73 Å². The van der Waals surface area contributed by atoms with Crippen molar-refractivity contribution in [2.75, 3.05) is 13.1 Å². The van der Waals surface area contributed by atoms with Gasteiger partial charge in [0.25, 0.3) is 11.8 Å². The molecule has 166 valence electrons. The minimum atomic E-state index is -0.956. The van der Waals surface area contributed by atoms with Crippen LogP contribution in [0.5, 0.6) is 0 Å². The number of rotatable bonds is 8. The lowest BCUT2D eigenvalue weighted by atomic mass is 10.0. The van der Waals surface area contributed by atoms with Crippen LogP contribution in [0.4, 0.5) is 0 Å². The van der Waals surface area contributed by atoms with Crippen molar-refractivity contribution in [3.8, 4) is 0 Å². The fourth-order valence-corrected chi connectivity index (χ4v) is 4.25. The molecule has 1 atom stereocenters. The van der Waals surface area contributed by atoms with Crippen LogP contribution in [0.2, 0.25) is 0 Å². The van der Waals surface area contributed by atoms with E-state index in [0.29, 0.717) is 24.2 Å². The fourth-order valence-electron chi connectivity index (χ4n) is 4.25. The van der Waals surface area contributed by atoms with Crippen molar-refractivity contribution < 1.29 is 19.2 Å². The van der Waals surface area contributed by atoms with Crippen molar-refractivity contribution in [3.05, 3.63) is 70.8 Å². The van der Waals surface area contributed by atoms with Crippen molar-refractivity contribution in [2.45, 2.75) is 38.4 Å². The Morgan fingerprint density at radius 2 is 1.66 bits per heavy atom. The van der Waals surface area contributed by atoms with Crippen LogP contribution < -0.4 is 11.1 Å². The molecule has 8 heteroatoms. The SMILES string of the molecule is NCCCN(Cc1ccccc1)Cc1ccc2c(c1)C(=O)N(C1CCC(=O)NC1=O)C2=O. The number of nitrogens with two attached hydrogens (primary N) is 1. The molecule has 0 aliphatic carbocycles. The van der Waals surface area contributed by atoms with Gasteiger partial charge in [0.1, 0.15) is 6.04 Å². The largest absolute Gasteiger partial charge is 0.330 e. The maximum Gasteiger partial charge on any atom is 0.262 e. The number of nitrogens with one attached hydrogen (secondary N) is 1. The van der Waals surface area contributed by atoms with Gasteiger partial charge in [0.05, 0.1) is 11.1 Å². The lowest BCUT2D eigenvalue weighted by molar-refractivity contribution is -0.136. The third-order valence-corrected chi connectivity index (χ3v) is 5.84. The molecule has 0 bridgehead atoms. The van der Waals surface area contributed by atoms with Gasteiger partial charge in [-0.05, 0) is 42.6 Å². The standard InChI is InChI=1S/C24H26N4O4/c25-11-4-12-27(14-16-5-2-1-3-6-16)15-17-7-8-18-19(13-17)24(32)28(23(18)31)20-9-10-21(29)26-22(20)30/h1-3,5-8,13,20H,4,9-12,14-15,25H2,(H,26,29,30). The minimum absolute atomic E-state index is 0.102. The molecule has 1 unspecified atom stereocenters. The van der Waals surface area contributed by atoms with Gasteiger partial charge in [-0.3, -0.25) is 34.3 Å². The lowest BCUT2D eigenvalue weighted by Gasteiger charge is -2.27. The Bertz CT molecular complexity index is 1050. The summed E-state index contributed by atoms with van der Waals surface area (Å²) < 4.78 is 0. The molecule has 2 aliphatic heterocycles. The first-order chi connectivity index (χ1) is 15.5. The van der Waals surface area contributed by atoms with E-state index in [0.717, 1.165) is 30.0 Å². The van der Waals surface area contributed by atoms with E-state index < -0.39 is 23.8 Å². The molecular weight excluding hydrogens is 408 g/mol. The molecule has 2 aliphatic rings. The molecule has 0 radical (unpaired) electrons. The number of hydrogen-bond donors (Lipinski definition) is 2. The number of nitrogens with zero attached hydrogens (tertiary/aromatic N) is 2. The summed E-state index contributed by atoms with van der Waals surface area (Å²) >= 11 is 0. The van der Waals surface area contributed by atoms with Gasteiger partial charge in [-0.25, -0.2) is 0 Å². The summed E-state index contributed by atoms with van der Waals surface area (Å²) in [6.07, 6.45) is 1.09. The van der Waals surface area contributed by atoms with E-state index in [2.05, 4.69) is 22.3 Å². The maximum atomic E-state index is 13.0. The topological polar surface area (TPSA) is 113 Å².